The normalized spacial score (nSPS) is 14.3. The first kappa shape index (κ1) is 58.6. The Morgan fingerprint density at radius 1 is 0.805 bits per heavy atom. The third-order valence-electron chi connectivity index (χ3n) is 15.1. The number of aryl methyl sites for hydroxylation is 3. The summed E-state index contributed by atoms with van der Waals surface area (Å²) in [7, 11) is 0. The van der Waals surface area contributed by atoms with E-state index in [1.165, 1.54) is 18.3 Å². The number of carboxylic acid groups (broad SMARTS) is 3. The molecule has 0 fully saturated rings. The van der Waals surface area contributed by atoms with Crippen molar-refractivity contribution in [3.05, 3.63) is 127 Å². The molecular weight excluding hydrogens is 1050 g/mol. The number of benzene rings is 1. The second-order valence-corrected chi connectivity index (χ2v) is 20.5. The van der Waals surface area contributed by atoms with Gasteiger partial charge in [0.1, 0.15) is 6.04 Å². The molecule has 8 rings (SSSR count). The van der Waals surface area contributed by atoms with Crippen LogP contribution in [0.3, 0.4) is 0 Å². The van der Waals surface area contributed by atoms with Crippen LogP contribution in [-0.4, -0.2) is 110 Å². The number of aromatic nitrogens is 8. The van der Waals surface area contributed by atoms with Crippen molar-refractivity contribution in [2.24, 2.45) is 0 Å². The van der Waals surface area contributed by atoms with Crippen molar-refractivity contribution in [1.29, 1.82) is 0 Å². The molecule has 3 amide bonds. The molecule has 5 aromatic heterocycles. The first-order chi connectivity index (χ1) is 39.2. The number of nitrogens with one attached hydrogen (secondary N) is 7. The van der Waals surface area contributed by atoms with Gasteiger partial charge in [0, 0.05) is 87.9 Å². The number of amides is 3. The van der Waals surface area contributed by atoms with Gasteiger partial charge in [-0.1, -0.05) is 39.3 Å². The van der Waals surface area contributed by atoms with E-state index in [9.17, 15) is 48.9 Å². The molecule has 23 nitrogen and oxygen atoms in total. The molecule has 0 saturated carbocycles. The number of hydrogen-bond acceptors (Lipinski definition) is 14. The minimum Gasteiger partial charge on any atom is -0.481 e. The molecule has 3 atom stereocenters. The second-order valence-electron chi connectivity index (χ2n) is 20.5. The quantitative estimate of drug-likeness (QED) is 0.0269. The average molecular weight is 1120 g/mol. The van der Waals surface area contributed by atoms with Gasteiger partial charge in [0.25, 0.3) is 11.5 Å². The SMILES string of the molecule is C=Cc1c(C)c2cc3nc(c(CC(=O)O)c4nc(cc5[nH]c(cc1[nH]2)c(C)c5CC)C(C)=C4C(=O)O)C(CCC(=O)NCCCCCCNC(=O)CCC(NC(=O)c1ccc(NCc2cnc4nc(N)[nH]c(=O)c4n2)cc1)C(=O)O)C3C. The lowest BCUT2D eigenvalue weighted by Gasteiger charge is -2.18. The molecule has 8 bridgehead atoms. The topological polar surface area (TPSA) is 366 Å². The van der Waals surface area contributed by atoms with Gasteiger partial charge in [0.05, 0.1) is 47.5 Å². The summed E-state index contributed by atoms with van der Waals surface area (Å²) in [4.78, 5) is 121. The first-order valence-electron chi connectivity index (χ1n) is 27.2. The van der Waals surface area contributed by atoms with E-state index in [4.69, 9.17) is 15.7 Å². The number of nitrogens with two attached hydrogens (primary N) is 1. The van der Waals surface area contributed by atoms with Crippen molar-refractivity contribution in [2.45, 2.75) is 123 Å². The van der Waals surface area contributed by atoms with Crippen molar-refractivity contribution < 1.29 is 44.1 Å². The Hall–Kier alpha value is -9.54. The number of aliphatic carboxylic acids is 3. The maximum Gasteiger partial charge on any atom is 0.338 e. The lowest BCUT2D eigenvalue weighted by atomic mass is 9.84. The summed E-state index contributed by atoms with van der Waals surface area (Å²) >= 11 is 0. The van der Waals surface area contributed by atoms with Crippen LogP contribution in [0.4, 0.5) is 11.6 Å². The molecule has 1 aromatic carbocycles. The number of allylic oxidation sites excluding steroid dienone is 1. The highest BCUT2D eigenvalue weighted by Crippen LogP contribution is 2.44. The molecule has 0 saturated heterocycles. The van der Waals surface area contributed by atoms with Crippen LogP contribution in [0.15, 0.2) is 60.0 Å². The molecule has 3 unspecified atom stereocenters. The number of carbonyl (C=O) groups is 6. The fourth-order valence-corrected chi connectivity index (χ4v) is 10.5. The lowest BCUT2D eigenvalue weighted by Crippen LogP contribution is -2.41. The van der Waals surface area contributed by atoms with Crippen LogP contribution in [-0.2, 0) is 43.4 Å². The maximum atomic E-state index is 13.5. The smallest absolute Gasteiger partial charge is 0.338 e. The van der Waals surface area contributed by atoms with Crippen molar-refractivity contribution in [1.82, 2.24) is 55.8 Å². The summed E-state index contributed by atoms with van der Waals surface area (Å²) < 4.78 is 0. The number of hydrogen-bond donors (Lipinski definition) is 11. The van der Waals surface area contributed by atoms with E-state index < -0.39 is 47.8 Å². The summed E-state index contributed by atoms with van der Waals surface area (Å²) in [6.07, 6.45) is 6.30. The van der Waals surface area contributed by atoms with E-state index in [0.29, 0.717) is 66.4 Å². The summed E-state index contributed by atoms with van der Waals surface area (Å²) in [6, 6.07) is 10.7. The Morgan fingerprint density at radius 3 is 2.15 bits per heavy atom. The number of unbranched alkanes of at least 4 members (excludes halogenated alkanes) is 3. The molecule has 2 aliphatic heterocycles. The fraction of sp³-hybridized carbons (Fsp3) is 0.356. The number of carboxylic acids is 3. The number of fused-ring (bicyclic) bond motifs is 9. The molecule has 428 valence electrons. The summed E-state index contributed by atoms with van der Waals surface area (Å²) in [5.74, 6) is -5.75. The Kier molecular flexibility index (Phi) is 18.4. The Morgan fingerprint density at radius 2 is 1.49 bits per heavy atom. The summed E-state index contributed by atoms with van der Waals surface area (Å²) in [5.41, 5.74) is 15.5. The van der Waals surface area contributed by atoms with Crippen LogP contribution in [0.25, 0.3) is 50.5 Å². The summed E-state index contributed by atoms with van der Waals surface area (Å²) in [6.45, 7) is 14.7. The zero-order chi connectivity index (χ0) is 58.9. The minimum atomic E-state index is -1.31. The van der Waals surface area contributed by atoms with Gasteiger partial charge in [-0.2, -0.15) is 4.98 Å². The zero-order valence-electron chi connectivity index (χ0n) is 46.3. The molecule has 2 aliphatic rings. The van der Waals surface area contributed by atoms with Crippen LogP contribution >= 0.6 is 0 Å². The molecule has 7 heterocycles. The van der Waals surface area contributed by atoms with E-state index in [1.807, 2.05) is 45.9 Å². The molecule has 6 aromatic rings. The van der Waals surface area contributed by atoms with Crippen LogP contribution in [0.2, 0.25) is 0 Å². The number of H-pyrrole nitrogens is 3. The molecule has 0 aliphatic carbocycles. The third kappa shape index (κ3) is 13.4. The Balaban J connectivity index is 0.827. The number of carbonyl (C=O) groups excluding carboxylic acids is 3. The van der Waals surface area contributed by atoms with Crippen molar-refractivity contribution in [2.75, 3.05) is 24.1 Å². The zero-order valence-corrected chi connectivity index (χ0v) is 46.3. The Labute approximate surface area is 470 Å². The predicted octanol–water partition coefficient (Wildman–Crippen LogP) is 7.12. The molecule has 0 spiro atoms. The van der Waals surface area contributed by atoms with Gasteiger partial charge in [-0.15, -0.1) is 0 Å². The predicted molar refractivity (Wildman–Crippen MR) is 311 cm³/mol. The largest absolute Gasteiger partial charge is 0.481 e. The second kappa shape index (κ2) is 25.7. The highest BCUT2D eigenvalue weighted by molar-refractivity contribution is 6.24. The van der Waals surface area contributed by atoms with Crippen LogP contribution in [0, 0.1) is 13.8 Å². The van der Waals surface area contributed by atoms with E-state index in [0.717, 1.165) is 57.2 Å². The molecule has 0 radical (unpaired) electrons. The molecule has 12 N–H and O–H groups in total. The van der Waals surface area contributed by atoms with Gasteiger partial charge in [0.2, 0.25) is 17.8 Å². The van der Waals surface area contributed by atoms with Crippen molar-refractivity contribution in [3.8, 4) is 0 Å². The highest BCUT2D eigenvalue weighted by atomic mass is 16.4. The van der Waals surface area contributed by atoms with Gasteiger partial charge >= 0.3 is 17.9 Å². The van der Waals surface area contributed by atoms with Gasteiger partial charge in [0.15, 0.2) is 11.2 Å². The molecule has 82 heavy (non-hydrogen) atoms. The molecular formula is C59H67N13O10. The van der Waals surface area contributed by atoms with E-state index in [-0.39, 0.29) is 89.5 Å². The third-order valence-corrected chi connectivity index (χ3v) is 15.1. The number of nitrogen functional groups attached to an aromatic ring is 1. The van der Waals surface area contributed by atoms with E-state index in [1.54, 1.807) is 25.1 Å². The van der Waals surface area contributed by atoms with Crippen LogP contribution in [0.1, 0.15) is 151 Å². The van der Waals surface area contributed by atoms with E-state index in [2.05, 4.69) is 57.7 Å². The number of anilines is 2. The number of rotatable bonds is 24. The standard InChI is InChI=1S/C59H67N13O10/c1-7-36-29(3)41-24-43-31(5)38(51(68-43)39(23-49(75)76)52-50(58(81)82)32(6)44(69-52)26-46-37(8-2)30(4)42(67-46)25-45(36)66-41)17-19-47(73)61-21-11-9-10-12-22-62-48(74)20-18-40(57(79)80)70-55(77)33-13-15-34(16-14-33)63-27-35-28-64-54-53(65-35)56(78)72-59(60)71-54/h7,13-16,24-26,28,31,38,40,63,66-67H,1,8-12,17-23,27H2,2-6H3,(H,61,73)(H,62,74)(H,70,77)(H,75,76)(H,79,80)(H,81,82)(H3,60,64,71,72,78). The van der Waals surface area contributed by atoms with Crippen LogP contribution < -0.4 is 32.6 Å². The average Bonchev–Trinajstić information content (AvgIpc) is 3.08. The van der Waals surface area contributed by atoms with E-state index >= 15 is 0 Å². The Bertz CT molecular complexity index is 3790. The number of nitrogens with zero attached hydrogens (tertiary/aromatic N) is 5. The lowest BCUT2D eigenvalue weighted by molar-refractivity contribution is -0.139. The van der Waals surface area contributed by atoms with Gasteiger partial charge < -0.3 is 52.3 Å². The fourth-order valence-electron chi connectivity index (χ4n) is 10.5. The minimum absolute atomic E-state index is 0.0365. The highest BCUT2D eigenvalue weighted by Gasteiger charge is 2.36. The first-order valence-corrected chi connectivity index (χ1v) is 27.2. The maximum absolute atomic E-state index is 13.5. The summed E-state index contributed by atoms with van der Waals surface area (Å²) in [5, 5.41) is 42.2. The van der Waals surface area contributed by atoms with Crippen molar-refractivity contribution in [3.63, 3.8) is 0 Å². The van der Waals surface area contributed by atoms with Gasteiger partial charge in [-0.3, -0.25) is 33.9 Å². The number of aromatic amines is 3. The molecule has 23 heteroatoms. The monoisotopic (exact) mass is 1120 g/mol. The van der Waals surface area contributed by atoms with Gasteiger partial charge in [-0.05, 0) is 118 Å². The van der Waals surface area contributed by atoms with Gasteiger partial charge in [-0.25, -0.2) is 24.5 Å². The van der Waals surface area contributed by atoms with Crippen LogP contribution in [0.5, 0.6) is 0 Å². The van der Waals surface area contributed by atoms with Crippen molar-refractivity contribution >= 4 is 97.7 Å².